The van der Waals surface area contributed by atoms with E-state index in [1.54, 1.807) is 6.07 Å². The van der Waals surface area contributed by atoms with Crippen LogP contribution in [0.4, 0.5) is 0 Å². The fraction of sp³-hybridized carbons (Fsp3) is 0.375. The Morgan fingerprint density at radius 1 is 1.45 bits per heavy atom. The van der Waals surface area contributed by atoms with Crippen LogP contribution in [0.3, 0.4) is 0 Å². The maximum atomic E-state index is 9.79. The van der Waals surface area contributed by atoms with Gasteiger partial charge in [0.2, 0.25) is 0 Å². The molecule has 1 aliphatic rings. The fourth-order valence-corrected chi connectivity index (χ4v) is 2.32. The fourth-order valence-electron chi connectivity index (χ4n) is 2.32. The summed E-state index contributed by atoms with van der Waals surface area (Å²) in [4.78, 5) is 0. The topological polar surface area (TPSA) is 49.7 Å². The van der Waals surface area contributed by atoms with Crippen LogP contribution in [-0.4, -0.2) is 23.4 Å². The molecular formula is C16H21BO3. The van der Waals surface area contributed by atoms with Gasteiger partial charge in [-0.15, -0.1) is 0 Å². The molecule has 0 saturated heterocycles. The monoisotopic (exact) mass is 272 g/mol. The second-order valence-electron chi connectivity index (χ2n) is 5.05. The second kappa shape index (κ2) is 7.32. The van der Waals surface area contributed by atoms with Crippen LogP contribution < -0.4 is 0 Å². The predicted molar refractivity (Wildman–Crippen MR) is 82.4 cm³/mol. The van der Waals surface area contributed by atoms with Crippen LogP contribution in [0.5, 0.6) is 5.75 Å². The van der Waals surface area contributed by atoms with Crippen LogP contribution in [0.15, 0.2) is 42.0 Å². The molecule has 1 atom stereocenters. The van der Waals surface area contributed by atoms with Gasteiger partial charge in [0.05, 0.1) is 6.10 Å². The highest BCUT2D eigenvalue weighted by molar-refractivity contribution is 6.43. The van der Waals surface area contributed by atoms with E-state index in [9.17, 15) is 10.1 Å². The molecule has 3 nitrogen and oxygen atoms in total. The van der Waals surface area contributed by atoms with Crippen LogP contribution >= 0.6 is 0 Å². The number of aromatic hydroxyl groups is 1. The van der Waals surface area contributed by atoms with E-state index in [0.717, 1.165) is 24.8 Å². The minimum absolute atomic E-state index is 0.0157. The largest absolute Gasteiger partial charge is 0.507 e. The Hall–Kier alpha value is -1.52. The van der Waals surface area contributed by atoms with Gasteiger partial charge in [0.25, 0.3) is 0 Å². The predicted octanol–water partition coefficient (Wildman–Crippen LogP) is 3.40. The summed E-state index contributed by atoms with van der Waals surface area (Å²) in [5.74, 6) is 0.308. The summed E-state index contributed by atoms with van der Waals surface area (Å²) >= 11 is 0. The molecule has 0 fully saturated rings. The number of phenolic OH excluding ortho intramolecular Hbond substituents is 1. The van der Waals surface area contributed by atoms with Crippen LogP contribution in [0.1, 0.15) is 31.7 Å². The average molecular weight is 272 g/mol. The van der Waals surface area contributed by atoms with E-state index < -0.39 is 7.12 Å². The zero-order valence-corrected chi connectivity index (χ0v) is 11.8. The zero-order chi connectivity index (χ0) is 14.4. The molecule has 20 heavy (non-hydrogen) atoms. The van der Waals surface area contributed by atoms with Gasteiger partial charge < -0.3 is 14.8 Å². The molecular weight excluding hydrogens is 251 g/mol. The van der Waals surface area contributed by atoms with Gasteiger partial charge in [0, 0.05) is 11.9 Å². The molecule has 0 amide bonds. The van der Waals surface area contributed by atoms with E-state index in [1.165, 1.54) is 5.57 Å². The number of para-hydroxylation sites is 1. The van der Waals surface area contributed by atoms with Crippen molar-refractivity contribution in [3.05, 3.63) is 47.6 Å². The summed E-state index contributed by atoms with van der Waals surface area (Å²) in [5, 5.41) is 19.2. The standard InChI is InChI=1S/C16H21BO3/c1-2-13(12-14-6-3-4-8-16(14)18)9-10-15-7-5-11-17(19)20-15/h3-8,12,15,18-19H,2,9-11H2,1H3/b13-12+/t15-/m0/s1. The third-order valence-corrected chi connectivity index (χ3v) is 3.52. The molecule has 1 aromatic carbocycles. The first kappa shape index (κ1) is 14.9. The molecule has 1 heterocycles. The van der Waals surface area contributed by atoms with Crippen molar-refractivity contribution in [1.29, 1.82) is 0 Å². The molecule has 1 aromatic rings. The number of benzene rings is 1. The smallest absolute Gasteiger partial charge is 0.458 e. The molecule has 4 heteroatoms. The van der Waals surface area contributed by atoms with Crippen molar-refractivity contribution in [2.24, 2.45) is 0 Å². The minimum Gasteiger partial charge on any atom is -0.507 e. The summed E-state index contributed by atoms with van der Waals surface area (Å²) in [6, 6.07) is 7.34. The Bertz CT molecular complexity index is 496. The molecule has 0 bridgehead atoms. The van der Waals surface area contributed by atoms with Crippen molar-refractivity contribution < 1.29 is 14.8 Å². The van der Waals surface area contributed by atoms with Gasteiger partial charge in [-0.2, -0.15) is 0 Å². The first-order valence-electron chi connectivity index (χ1n) is 7.16. The maximum Gasteiger partial charge on any atom is 0.458 e. The molecule has 0 spiro atoms. The third-order valence-electron chi connectivity index (χ3n) is 3.52. The van der Waals surface area contributed by atoms with Crippen molar-refractivity contribution in [2.45, 2.75) is 38.6 Å². The van der Waals surface area contributed by atoms with Crippen molar-refractivity contribution in [1.82, 2.24) is 0 Å². The van der Waals surface area contributed by atoms with Gasteiger partial charge in [-0.1, -0.05) is 48.9 Å². The third kappa shape index (κ3) is 4.25. The molecule has 0 aromatic heterocycles. The van der Waals surface area contributed by atoms with E-state index in [1.807, 2.05) is 36.4 Å². The van der Waals surface area contributed by atoms with Crippen molar-refractivity contribution in [2.75, 3.05) is 0 Å². The first-order valence-corrected chi connectivity index (χ1v) is 7.16. The molecule has 1 aliphatic heterocycles. The number of hydrogen-bond donors (Lipinski definition) is 2. The van der Waals surface area contributed by atoms with Gasteiger partial charge >= 0.3 is 7.12 Å². The van der Waals surface area contributed by atoms with E-state index in [2.05, 4.69) is 6.92 Å². The van der Waals surface area contributed by atoms with Gasteiger partial charge in [-0.25, -0.2) is 0 Å². The van der Waals surface area contributed by atoms with Crippen LogP contribution in [0.2, 0.25) is 6.32 Å². The Morgan fingerprint density at radius 3 is 2.95 bits per heavy atom. The minimum atomic E-state index is -0.669. The summed E-state index contributed by atoms with van der Waals surface area (Å²) in [6.07, 6.45) is 9.26. The first-order chi connectivity index (χ1) is 9.69. The van der Waals surface area contributed by atoms with Crippen molar-refractivity contribution >= 4 is 13.2 Å². The summed E-state index contributed by atoms with van der Waals surface area (Å²) < 4.78 is 5.45. The van der Waals surface area contributed by atoms with E-state index in [0.29, 0.717) is 12.1 Å². The Kier molecular flexibility index (Phi) is 5.44. The van der Waals surface area contributed by atoms with Gasteiger partial charge in [0.1, 0.15) is 5.75 Å². The highest BCUT2D eigenvalue weighted by Gasteiger charge is 2.20. The van der Waals surface area contributed by atoms with E-state index >= 15 is 0 Å². The normalized spacial score (nSPS) is 19.4. The highest BCUT2D eigenvalue weighted by Crippen LogP contribution is 2.23. The summed E-state index contributed by atoms with van der Waals surface area (Å²) in [6.45, 7) is 2.11. The van der Waals surface area contributed by atoms with Gasteiger partial charge in [0.15, 0.2) is 0 Å². The molecule has 0 aliphatic carbocycles. The Labute approximate surface area is 120 Å². The summed E-state index contributed by atoms with van der Waals surface area (Å²) in [7, 11) is -0.669. The lowest BCUT2D eigenvalue weighted by Crippen LogP contribution is -2.27. The molecule has 0 saturated carbocycles. The lowest BCUT2D eigenvalue weighted by atomic mass is 9.82. The highest BCUT2D eigenvalue weighted by atomic mass is 16.5. The van der Waals surface area contributed by atoms with Crippen LogP contribution in [0, 0.1) is 0 Å². The van der Waals surface area contributed by atoms with Gasteiger partial charge in [-0.05, 0) is 25.3 Å². The SMILES string of the molecule is CC/C(=C\c1ccccc1O)CC[C@@H]1C=CCB(O)O1. The quantitative estimate of drug-likeness (QED) is 0.638. The number of hydrogen-bond acceptors (Lipinski definition) is 3. The van der Waals surface area contributed by atoms with Crippen LogP contribution in [-0.2, 0) is 4.65 Å². The Morgan fingerprint density at radius 2 is 2.25 bits per heavy atom. The van der Waals surface area contributed by atoms with Gasteiger partial charge in [-0.3, -0.25) is 0 Å². The molecule has 2 N–H and O–H groups in total. The Balaban J connectivity index is 1.97. The number of phenols is 1. The lowest BCUT2D eigenvalue weighted by molar-refractivity contribution is 0.192. The van der Waals surface area contributed by atoms with Crippen LogP contribution in [0.25, 0.3) is 6.08 Å². The lowest BCUT2D eigenvalue weighted by Gasteiger charge is -2.20. The second-order valence-corrected chi connectivity index (χ2v) is 5.05. The average Bonchev–Trinajstić information content (AvgIpc) is 2.45. The molecule has 0 radical (unpaired) electrons. The van der Waals surface area contributed by atoms with Crippen molar-refractivity contribution in [3.8, 4) is 5.75 Å². The molecule has 0 unspecified atom stereocenters. The number of allylic oxidation sites excluding steroid dienone is 2. The number of rotatable bonds is 5. The molecule has 2 rings (SSSR count). The van der Waals surface area contributed by atoms with E-state index in [4.69, 9.17) is 4.65 Å². The zero-order valence-electron chi connectivity index (χ0n) is 11.8. The maximum absolute atomic E-state index is 9.79. The van der Waals surface area contributed by atoms with E-state index in [-0.39, 0.29) is 6.10 Å². The summed E-state index contributed by atoms with van der Waals surface area (Å²) in [5.41, 5.74) is 2.12. The van der Waals surface area contributed by atoms with Crippen molar-refractivity contribution in [3.63, 3.8) is 0 Å². The molecule has 106 valence electrons.